The number of ether oxygens (including phenoxy) is 1. The zero-order chi connectivity index (χ0) is 26.0. The molecule has 0 spiro atoms. The number of carbonyl (C=O) groups is 2. The van der Waals surface area contributed by atoms with Gasteiger partial charge in [-0.25, -0.2) is 8.42 Å². The highest BCUT2D eigenvalue weighted by atomic mass is 35.5. The summed E-state index contributed by atoms with van der Waals surface area (Å²) < 4.78 is 31.4. The summed E-state index contributed by atoms with van der Waals surface area (Å²) in [4.78, 5) is 28.0. The molecular weight excluding hydrogens is 490 g/mol. The fourth-order valence-corrected chi connectivity index (χ4v) is 4.55. The highest BCUT2D eigenvalue weighted by Crippen LogP contribution is 2.22. The summed E-state index contributed by atoms with van der Waals surface area (Å²) in [5, 5.41) is 3.34. The zero-order valence-corrected chi connectivity index (χ0v) is 22.2. The Morgan fingerprint density at radius 1 is 1.06 bits per heavy atom. The summed E-state index contributed by atoms with van der Waals surface area (Å²) in [5.74, 6) is -0.0825. The molecule has 0 aromatic heterocycles. The van der Waals surface area contributed by atoms with Crippen LogP contribution in [0.5, 0.6) is 5.75 Å². The van der Waals surface area contributed by atoms with E-state index in [-0.39, 0.29) is 12.5 Å². The van der Waals surface area contributed by atoms with Crippen LogP contribution in [0.2, 0.25) is 5.02 Å². The van der Waals surface area contributed by atoms with Crippen LogP contribution in [0.15, 0.2) is 48.5 Å². The SMILES string of the molecule is CCCCNC(=O)[C@@H](CC)N(Cc1ccc(OC)cc1)C(=O)CN(c1ccc(Cl)cc1)S(C)(=O)=O. The number of hydrogen-bond acceptors (Lipinski definition) is 5. The van der Waals surface area contributed by atoms with E-state index >= 15 is 0 Å². The number of anilines is 1. The van der Waals surface area contributed by atoms with Gasteiger partial charge < -0.3 is 15.0 Å². The third-order valence-electron chi connectivity index (χ3n) is 5.52. The summed E-state index contributed by atoms with van der Waals surface area (Å²) in [6.45, 7) is 4.05. The Morgan fingerprint density at radius 2 is 1.69 bits per heavy atom. The fourth-order valence-electron chi connectivity index (χ4n) is 3.57. The van der Waals surface area contributed by atoms with Gasteiger partial charge in [0.05, 0.1) is 19.1 Å². The van der Waals surface area contributed by atoms with Crippen molar-refractivity contribution in [1.82, 2.24) is 10.2 Å². The van der Waals surface area contributed by atoms with Crippen LogP contribution in [0.1, 0.15) is 38.7 Å². The minimum Gasteiger partial charge on any atom is -0.497 e. The number of benzene rings is 2. The van der Waals surface area contributed by atoms with Crippen molar-refractivity contribution in [2.75, 3.05) is 30.8 Å². The maximum Gasteiger partial charge on any atom is 0.244 e. The third-order valence-corrected chi connectivity index (χ3v) is 6.91. The predicted octanol–water partition coefficient (Wildman–Crippen LogP) is 3.84. The Kier molecular flexibility index (Phi) is 10.9. The van der Waals surface area contributed by atoms with E-state index in [9.17, 15) is 18.0 Å². The van der Waals surface area contributed by atoms with Gasteiger partial charge in [0.2, 0.25) is 21.8 Å². The first-order valence-corrected chi connectivity index (χ1v) is 13.8. The lowest BCUT2D eigenvalue weighted by Crippen LogP contribution is -2.52. The minimum absolute atomic E-state index is 0.140. The van der Waals surface area contributed by atoms with Gasteiger partial charge >= 0.3 is 0 Å². The van der Waals surface area contributed by atoms with Crippen molar-refractivity contribution in [2.45, 2.75) is 45.7 Å². The second-order valence-corrected chi connectivity index (χ2v) is 10.5. The number of carbonyl (C=O) groups excluding carboxylic acids is 2. The number of unbranched alkanes of at least 4 members (excludes halogenated alkanes) is 1. The molecule has 8 nitrogen and oxygen atoms in total. The van der Waals surface area contributed by atoms with E-state index in [1.807, 2.05) is 26.0 Å². The molecule has 1 atom stereocenters. The van der Waals surface area contributed by atoms with E-state index in [1.54, 1.807) is 43.5 Å². The number of methoxy groups -OCH3 is 1. The van der Waals surface area contributed by atoms with E-state index in [1.165, 1.54) is 4.90 Å². The Bertz CT molecular complexity index is 1080. The van der Waals surface area contributed by atoms with E-state index in [0.29, 0.717) is 29.4 Å². The van der Waals surface area contributed by atoms with Crippen molar-refractivity contribution >= 4 is 39.1 Å². The second kappa shape index (κ2) is 13.3. The molecule has 0 saturated carbocycles. The summed E-state index contributed by atoms with van der Waals surface area (Å²) in [6, 6.07) is 12.6. The van der Waals surface area contributed by atoms with Crippen molar-refractivity contribution in [3.8, 4) is 5.75 Å². The molecule has 1 N–H and O–H groups in total. The number of halogens is 1. The van der Waals surface area contributed by atoms with Crippen molar-refractivity contribution in [3.05, 3.63) is 59.1 Å². The first-order chi connectivity index (χ1) is 16.6. The van der Waals surface area contributed by atoms with Crippen molar-refractivity contribution in [1.29, 1.82) is 0 Å². The van der Waals surface area contributed by atoms with Gasteiger partial charge in [-0.05, 0) is 54.8 Å². The molecule has 2 aromatic rings. The second-order valence-electron chi connectivity index (χ2n) is 8.18. The van der Waals surface area contributed by atoms with Gasteiger partial charge in [0.1, 0.15) is 18.3 Å². The first-order valence-electron chi connectivity index (χ1n) is 11.5. The zero-order valence-electron chi connectivity index (χ0n) is 20.7. The Hall–Kier alpha value is -2.78. The van der Waals surface area contributed by atoms with E-state index < -0.39 is 28.5 Å². The summed E-state index contributed by atoms with van der Waals surface area (Å²) in [5.41, 5.74) is 1.10. The van der Waals surface area contributed by atoms with E-state index in [2.05, 4.69) is 5.32 Å². The Morgan fingerprint density at radius 3 is 2.20 bits per heavy atom. The molecule has 2 amide bonds. The molecule has 0 bridgehead atoms. The van der Waals surface area contributed by atoms with Gasteiger partial charge in [-0.3, -0.25) is 13.9 Å². The van der Waals surface area contributed by atoms with E-state index in [0.717, 1.165) is 29.0 Å². The normalized spacial score (nSPS) is 12.0. The number of nitrogens with zero attached hydrogens (tertiary/aromatic N) is 2. The molecule has 10 heteroatoms. The lowest BCUT2D eigenvalue weighted by atomic mass is 10.1. The maximum absolute atomic E-state index is 13.6. The summed E-state index contributed by atoms with van der Waals surface area (Å²) in [7, 11) is -2.22. The van der Waals surface area contributed by atoms with Crippen molar-refractivity contribution < 1.29 is 22.7 Å². The Labute approximate surface area is 213 Å². The van der Waals surface area contributed by atoms with Crippen LogP contribution in [-0.4, -0.2) is 57.6 Å². The molecule has 0 aliphatic rings. The standard InChI is InChI=1S/C25H34ClN3O5S/c1-5-7-16-27-25(31)23(6-2)28(17-19-8-14-22(34-3)15-9-19)24(30)18-29(35(4,32)33)21-12-10-20(26)11-13-21/h8-15,23H,5-7,16-18H2,1-4H3,(H,27,31)/t23-/m1/s1. The predicted molar refractivity (Wildman–Crippen MR) is 139 cm³/mol. The smallest absolute Gasteiger partial charge is 0.244 e. The molecule has 0 radical (unpaired) electrons. The van der Waals surface area contributed by atoms with Crippen molar-refractivity contribution in [3.63, 3.8) is 0 Å². The largest absolute Gasteiger partial charge is 0.497 e. The van der Waals surface area contributed by atoms with Gasteiger partial charge in [0.25, 0.3) is 0 Å². The maximum atomic E-state index is 13.6. The topological polar surface area (TPSA) is 96.0 Å². The minimum atomic E-state index is -3.79. The van der Waals surface area contributed by atoms with Crippen LogP contribution >= 0.6 is 11.6 Å². The molecule has 0 heterocycles. The Balaban J connectivity index is 2.38. The van der Waals surface area contributed by atoms with Crippen molar-refractivity contribution in [2.24, 2.45) is 0 Å². The number of sulfonamides is 1. The van der Waals surface area contributed by atoms with E-state index in [4.69, 9.17) is 16.3 Å². The highest BCUT2D eigenvalue weighted by Gasteiger charge is 2.31. The van der Waals surface area contributed by atoms with Gasteiger partial charge in [0, 0.05) is 18.1 Å². The fraction of sp³-hybridized carbons (Fsp3) is 0.440. The number of nitrogens with one attached hydrogen (secondary N) is 1. The molecule has 0 fully saturated rings. The molecule has 35 heavy (non-hydrogen) atoms. The average molecular weight is 524 g/mol. The summed E-state index contributed by atoms with van der Waals surface area (Å²) >= 11 is 5.95. The van der Waals surface area contributed by atoms with Gasteiger partial charge in [-0.1, -0.05) is 44.0 Å². The lowest BCUT2D eigenvalue weighted by molar-refractivity contribution is -0.140. The van der Waals surface area contributed by atoms with Crippen LogP contribution in [0.3, 0.4) is 0 Å². The quantitative estimate of drug-likeness (QED) is 0.402. The van der Waals surface area contributed by atoms with Gasteiger partial charge in [-0.2, -0.15) is 0 Å². The average Bonchev–Trinajstić information content (AvgIpc) is 2.83. The monoisotopic (exact) mass is 523 g/mol. The van der Waals surface area contributed by atoms with Crippen LogP contribution in [0, 0.1) is 0 Å². The molecule has 2 rings (SSSR count). The number of amides is 2. The molecule has 0 saturated heterocycles. The highest BCUT2D eigenvalue weighted by molar-refractivity contribution is 7.92. The van der Waals surface area contributed by atoms with Gasteiger partial charge in [0.15, 0.2) is 0 Å². The molecule has 0 unspecified atom stereocenters. The van der Waals surface area contributed by atoms with Crippen LogP contribution in [0.25, 0.3) is 0 Å². The van der Waals surface area contributed by atoms with Gasteiger partial charge in [-0.15, -0.1) is 0 Å². The summed E-state index contributed by atoms with van der Waals surface area (Å²) in [6.07, 6.45) is 3.17. The number of rotatable bonds is 13. The lowest BCUT2D eigenvalue weighted by Gasteiger charge is -2.33. The van der Waals surface area contributed by atoms with Crippen LogP contribution < -0.4 is 14.4 Å². The van der Waals surface area contributed by atoms with Crippen LogP contribution in [0.4, 0.5) is 5.69 Å². The molecule has 2 aromatic carbocycles. The molecule has 0 aliphatic carbocycles. The first kappa shape index (κ1) is 28.5. The third kappa shape index (κ3) is 8.43. The molecule has 192 valence electrons. The molecular formula is C25H34ClN3O5S. The molecule has 0 aliphatic heterocycles. The number of hydrogen-bond donors (Lipinski definition) is 1. The van der Waals surface area contributed by atoms with Crippen LogP contribution in [-0.2, 0) is 26.2 Å².